The Kier molecular flexibility index (Phi) is 5.41. The lowest BCUT2D eigenvalue weighted by molar-refractivity contribution is -0.161. The maximum Gasteiger partial charge on any atom is 0.327 e. The van der Waals surface area contributed by atoms with E-state index in [9.17, 15) is 24.6 Å². The first-order chi connectivity index (χ1) is 14.2. The average Bonchev–Trinajstić information content (AvgIpc) is 3.28. The van der Waals surface area contributed by atoms with E-state index in [1.807, 2.05) is 0 Å². The van der Waals surface area contributed by atoms with Crippen molar-refractivity contribution in [2.24, 2.45) is 0 Å². The van der Waals surface area contributed by atoms with E-state index in [0.29, 0.717) is 12.2 Å². The molecule has 3 aliphatic rings. The minimum atomic E-state index is -1.05. The molecule has 2 amide bonds. The Morgan fingerprint density at radius 3 is 2.60 bits per heavy atom. The molecule has 0 bridgehead atoms. The molecule has 1 aromatic rings. The Morgan fingerprint density at radius 2 is 2.00 bits per heavy atom. The number of carboxylic acids is 1. The van der Waals surface area contributed by atoms with Gasteiger partial charge in [0.2, 0.25) is 11.8 Å². The molecule has 4 N–H and O–H groups in total. The number of ether oxygens (including phenoxy) is 1. The monoisotopic (exact) mass is 435 g/mol. The van der Waals surface area contributed by atoms with Crippen LogP contribution in [0.15, 0.2) is 24.3 Å². The minimum absolute atomic E-state index is 0.0872. The molecule has 30 heavy (non-hydrogen) atoms. The van der Waals surface area contributed by atoms with Crippen LogP contribution in [0.1, 0.15) is 38.3 Å². The number of nitrogens with zero attached hydrogens (tertiary/aromatic N) is 1. The molecule has 3 heterocycles. The van der Waals surface area contributed by atoms with E-state index in [4.69, 9.17) is 4.74 Å². The smallest absolute Gasteiger partial charge is 0.327 e. The highest BCUT2D eigenvalue weighted by molar-refractivity contribution is 8.01. The maximum atomic E-state index is 13.1. The van der Waals surface area contributed by atoms with Gasteiger partial charge in [-0.05, 0) is 44.4 Å². The van der Waals surface area contributed by atoms with E-state index in [-0.39, 0.29) is 17.9 Å². The third-order valence-electron chi connectivity index (χ3n) is 5.74. The number of hydrogen-bond donors (Lipinski definition) is 4. The van der Waals surface area contributed by atoms with Crippen LogP contribution >= 0.6 is 11.8 Å². The lowest BCUT2D eigenvalue weighted by atomic mass is 9.95. The highest BCUT2D eigenvalue weighted by atomic mass is 32.2. The predicted octanol–water partition coefficient (Wildman–Crippen LogP) is 0.791. The zero-order chi connectivity index (χ0) is 21.6. The number of aromatic hydroxyl groups is 1. The van der Waals surface area contributed by atoms with E-state index in [2.05, 4.69) is 10.6 Å². The second-order valence-electron chi connectivity index (χ2n) is 8.28. The number of amides is 2. The zero-order valence-corrected chi connectivity index (χ0v) is 17.5. The number of fused-ring (bicyclic) bond motifs is 1. The summed E-state index contributed by atoms with van der Waals surface area (Å²) in [6.07, 6.45) is 1.38. The van der Waals surface area contributed by atoms with E-state index in [1.165, 1.54) is 28.8 Å². The van der Waals surface area contributed by atoms with Crippen molar-refractivity contribution < 1.29 is 29.3 Å². The molecule has 3 aliphatic heterocycles. The number of phenols is 1. The van der Waals surface area contributed by atoms with Gasteiger partial charge in [-0.1, -0.05) is 12.1 Å². The fourth-order valence-corrected chi connectivity index (χ4v) is 5.89. The van der Waals surface area contributed by atoms with E-state index >= 15 is 0 Å². The number of nitrogens with one attached hydrogen (secondary N) is 2. The number of carbonyl (C=O) groups excluding carboxylic acids is 2. The van der Waals surface area contributed by atoms with Crippen molar-refractivity contribution in [3.63, 3.8) is 0 Å². The lowest BCUT2D eigenvalue weighted by Gasteiger charge is -2.44. The number of rotatable bonds is 6. The molecular weight excluding hydrogens is 410 g/mol. The number of β-lactam (4-membered cyclic amide) rings is 1. The Morgan fingerprint density at radius 1 is 1.30 bits per heavy atom. The molecular formula is C20H25N3O6S. The van der Waals surface area contributed by atoms with Gasteiger partial charge in [0.25, 0.3) is 0 Å². The molecule has 0 radical (unpaired) electrons. The number of hydrogen-bond acceptors (Lipinski definition) is 7. The lowest BCUT2D eigenvalue weighted by Crippen LogP contribution is -2.71. The standard InChI is InChI=1S/C20H25N3O6S/c1-20(2)15(19(27)28)23-17(26)14(18(23)30-20)22-16(25)13(21-12-4-3-9-29-12)10-5-7-11(24)8-6-10/h5-8,12-15,18,21,24H,3-4,9H2,1-2H3,(H,22,25)(H,27,28). The average molecular weight is 436 g/mol. The van der Waals surface area contributed by atoms with Crippen molar-refractivity contribution in [2.45, 2.75) is 61.2 Å². The normalized spacial score (nSPS) is 30.5. The molecule has 9 nitrogen and oxygen atoms in total. The van der Waals surface area contributed by atoms with Crippen LogP contribution < -0.4 is 10.6 Å². The molecule has 0 spiro atoms. The second-order valence-corrected chi connectivity index (χ2v) is 10.0. The summed E-state index contributed by atoms with van der Waals surface area (Å²) >= 11 is 1.38. The van der Waals surface area contributed by atoms with E-state index in [1.54, 1.807) is 26.0 Å². The van der Waals surface area contributed by atoms with Crippen molar-refractivity contribution in [3.05, 3.63) is 29.8 Å². The van der Waals surface area contributed by atoms with Gasteiger partial charge in [-0.3, -0.25) is 14.9 Å². The third kappa shape index (κ3) is 3.63. The molecule has 0 aromatic heterocycles. The number of thioether (sulfide) groups is 1. The van der Waals surface area contributed by atoms with Crippen molar-refractivity contribution >= 4 is 29.5 Å². The number of carbonyl (C=O) groups is 3. The van der Waals surface area contributed by atoms with Crippen LogP contribution in [-0.4, -0.2) is 67.9 Å². The van der Waals surface area contributed by atoms with Crippen LogP contribution in [-0.2, 0) is 19.1 Å². The Bertz CT molecular complexity index is 855. The zero-order valence-electron chi connectivity index (χ0n) is 16.7. The molecule has 3 saturated heterocycles. The van der Waals surface area contributed by atoms with Gasteiger partial charge in [0.1, 0.15) is 35.5 Å². The van der Waals surface area contributed by atoms with Gasteiger partial charge in [0.05, 0.1) is 0 Å². The fourth-order valence-electron chi connectivity index (χ4n) is 4.27. The summed E-state index contributed by atoms with van der Waals surface area (Å²) in [5.74, 6) is -1.74. The molecule has 1 aromatic carbocycles. The molecule has 162 valence electrons. The second kappa shape index (κ2) is 7.75. The number of carboxylic acid groups (broad SMARTS) is 1. The van der Waals surface area contributed by atoms with Crippen LogP contribution in [0, 0.1) is 0 Å². The van der Waals surface area contributed by atoms with Crippen molar-refractivity contribution in [1.82, 2.24) is 15.5 Å². The number of aliphatic carboxylic acids is 1. The molecule has 10 heteroatoms. The predicted molar refractivity (Wildman–Crippen MR) is 109 cm³/mol. The molecule has 0 aliphatic carbocycles. The molecule has 5 unspecified atom stereocenters. The Balaban J connectivity index is 1.51. The fraction of sp³-hybridized carbons (Fsp3) is 0.550. The van der Waals surface area contributed by atoms with Crippen LogP contribution in [0.2, 0.25) is 0 Å². The summed E-state index contributed by atoms with van der Waals surface area (Å²) in [6.45, 7) is 4.19. The van der Waals surface area contributed by atoms with E-state index in [0.717, 1.165) is 12.8 Å². The van der Waals surface area contributed by atoms with Crippen molar-refractivity contribution in [3.8, 4) is 5.75 Å². The molecule has 0 saturated carbocycles. The third-order valence-corrected chi connectivity index (χ3v) is 7.32. The van der Waals surface area contributed by atoms with Gasteiger partial charge < -0.3 is 25.2 Å². The first kappa shape index (κ1) is 21.0. The SMILES string of the molecule is CC1(C)SC2C(NC(=O)C(NC3CCCO3)c3ccc(O)cc3)C(=O)N2C1C(=O)O. The van der Waals surface area contributed by atoms with Gasteiger partial charge in [-0.25, -0.2) is 4.79 Å². The van der Waals surface area contributed by atoms with Gasteiger partial charge in [0.15, 0.2) is 0 Å². The minimum Gasteiger partial charge on any atom is -0.508 e. The van der Waals surface area contributed by atoms with Gasteiger partial charge >= 0.3 is 5.97 Å². The Hall–Kier alpha value is -2.30. The summed E-state index contributed by atoms with van der Waals surface area (Å²) in [5.41, 5.74) is 0.632. The molecule has 4 rings (SSSR count). The highest BCUT2D eigenvalue weighted by Gasteiger charge is 2.64. The largest absolute Gasteiger partial charge is 0.508 e. The van der Waals surface area contributed by atoms with Gasteiger partial charge in [-0.15, -0.1) is 11.8 Å². The van der Waals surface area contributed by atoms with Gasteiger partial charge in [-0.2, -0.15) is 0 Å². The van der Waals surface area contributed by atoms with Gasteiger partial charge in [0, 0.05) is 11.4 Å². The summed E-state index contributed by atoms with van der Waals surface area (Å²) in [6, 6.07) is 3.80. The summed E-state index contributed by atoms with van der Waals surface area (Å²) < 4.78 is 4.94. The van der Waals surface area contributed by atoms with Crippen LogP contribution in [0.5, 0.6) is 5.75 Å². The maximum absolute atomic E-state index is 13.1. The molecule has 3 fully saturated rings. The first-order valence-electron chi connectivity index (χ1n) is 9.89. The van der Waals surface area contributed by atoms with Crippen molar-refractivity contribution in [2.75, 3.05) is 6.61 Å². The van der Waals surface area contributed by atoms with E-state index < -0.39 is 40.1 Å². The topological polar surface area (TPSA) is 128 Å². The van der Waals surface area contributed by atoms with Crippen molar-refractivity contribution in [1.29, 1.82) is 0 Å². The first-order valence-corrected chi connectivity index (χ1v) is 10.8. The number of benzene rings is 1. The quantitative estimate of drug-likeness (QED) is 0.483. The summed E-state index contributed by atoms with van der Waals surface area (Å²) in [5, 5.41) is 24.7. The van der Waals surface area contributed by atoms with Crippen LogP contribution in [0.4, 0.5) is 0 Å². The van der Waals surface area contributed by atoms with Crippen LogP contribution in [0.25, 0.3) is 0 Å². The summed E-state index contributed by atoms with van der Waals surface area (Å²) in [7, 11) is 0. The highest BCUT2D eigenvalue weighted by Crippen LogP contribution is 2.50. The summed E-state index contributed by atoms with van der Waals surface area (Å²) in [4.78, 5) is 38.8. The number of phenolic OH excluding ortho intramolecular Hbond substituents is 1. The van der Waals surface area contributed by atoms with Crippen LogP contribution in [0.3, 0.4) is 0 Å². The molecule has 5 atom stereocenters. The Labute approximate surface area is 178 Å².